The van der Waals surface area contributed by atoms with Gasteiger partial charge in [-0.15, -0.1) is 12.4 Å². The summed E-state index contributed by atoms with van der Waals surface area (Å²) in [4.78, 5) is 22.1. The maximum absolute atomic E-state index is 13.2. The Hall–Kier alpha value is -2.35. The predicted octanol–water partition coefficient (Wildman–Crippen LogP) is 5.10. The van der Waals surface area contributed by atoms with Gasteiger partial charge in [0.2, 0.25) is 0 Å². The van der Waals surface area contributed by atoms with Gasteiger partial charge < -0.3 is 14.4 Å². The summed E-state index contributed by atoms with van der Waals surface area (Å²) >= 11 is 1.56. The molecule has 0 saturated carbocycles. The van der Waals surface area contributed by atoms with Gasteiger partial charge in [0.1, 0.15) is 11.5 Å². The molecule has 8 heteroatoms. The summed E-state index contributed by atoms with van der Waals surface area (Å²) in [5.41, 5.74) is 3.28. The molecule has 32 heavy (non-hydrogen) atoms. The third kappa shape index (κ3) is 6.34. The van der Waals surface area contributed by atoms with Crippen LogP contribution in [0.3, 0.4) is 0 Å². The van der Waals surface area contributed by atoms with E-state index in [2.05, 4.69) is 44.7 Å². The van der Waals surface area contributed by atoms with E-state index in [1.54, 1.807) is 29.4 Å². The lowest BCUT2D eigenvalue weighted by molar-refractivity contribution is -0.120. The highest BCUT2D eigenvalue weighted by Gasteiger charge is 2.21. The van der Waals surface area contributed by atoms with Crippen molar-refractivity contribution in [2.45, 2.75) is 27.7 Å². The van der Waals surface area contributed by atoms with Crippen LogP contribution < -0.4 is 14.4 Å². The van der Waals surface area contributed by atoms with Gasteiger partial charge in [0.25, 0.3) is 5.91 Å². The SMILES string of the molecule is CCN(CC)CCN(C(=O)COc1cccc(OC)c1)c1nc2c(C)cc(C)cc2s1.Cl. The van der Waals surface area contributed by atoms with E-state index in [4.69, 9.17) is 14.5 Å². The summed E-state index contributed by atoms with van der Waals surface area (Å²) in [7, 11) is 1.61. The van der Waals surface area contributed by atoms with E-state index < -0.39 is 0 Å². The molecule has 0 spiro atoms. The van der Waals surface area contributed by atoms with Crippen molar-refractivity contribution in [2.75, 3.05) is 44.8 Å². The highest BCUT2D eigenvalue weighted by molar-refractivity contribution is 7.22. The quantitative estimate of drug-likeness (QED) is 0.406. The van der Waals surface area contributed by atoms with E-state index in [0.717, 1.165) is 40.5 Å². The largest absolute Gasteiger partial charge is 0.497 e. The van der Waals surface area contributed by atoms with Crippen LogP contribution in [0.25, 0.3) is 10.2 Å². The molecule has 6 nitrogen and oxygen atoms in total. The molecule has 174 valence electrons. The number of ether oxygens (including phenoxy) is 2. The van der Waals surface area contributed by atoms with Crippen molar-refractivity contribution in [3.05, 3.63) is 47.5 Å². The van der Waals surface area contributed by atoms with E-state index in [1.165, 1.54) is 5.56 Å². The lowest BCUT2D eigenvalue weighted by Crippen LogP contribution is -2.41. The number of hydrogen-bond donors (Lipinski definition) is 0. The van der Waals surface area contributed by atoms with Gasteiger partial charge in [0.15, 0.2) is 11.7 Å². The van der Waals surface area contributed by atoms with E-state index in [9.17, 15) is 4.79 Å². The first-order chi connectivity index (χ1) is 14.9. The Bertz CT molecular complexity index is 1040. The number of carbonyl (C=O) groups excluding carboxylic acids is 1. The number of aromatic nitrogens is 1. The maximum Gasteiger partial charge on any atom is 0.266 e. The molecular weight excluding hydrogens is 446 g/mol. The van der Waals surface area contributed by atoms with Crippen molar-refractivity contribution in [2.24, 2.45) is 0 Å². The second kappa shape index (κ2) is 12.0. The molecule has 0 bridgehead atoms. The predicted molar refractivity (Wildman–Crippen MR) is 135 cm³/mol. The van der Waals surface area contributed by atoms with E-state index >= 15 is 0 Å². The molecule has 3 rings (SSSR count). The molecule has 0 unspecified atom stereocenters. The fourth-order valence-corrected chi connectivity index (χ4v) is 4.68. The molecule has 1 amide bonds. The molecule has 0 atom stereocenters. The van der Waals surface area contributed by atoms with Crippen LogP contribution in [-0.4, -0.2) is 55.7 Å². The van der Waals surface area contributed by atoms with Crippen molar-refractivity contribution in [1.82, 2.24) is 9.88 Å². The van der Waals surface area contributed by atoms with Crippen molar-refractivity contribution < 1.29 is 14.3 Å². The zero-order valence-electron chi connectivity index (χ0n) is 19.4. The number of hydrogen-bond acceptors (Lipinski definition) is 6. The summed E-state index contributed by atoms with van der Waals surface area (Å²) in [5.74, 6) is 1.19. The minimum absolute atomic E-state index is 0. The third-order valence-corrected chi connectivity index (χ3v) is 6.31. The number of rotatable bonds is 10. The molecule has 0 saturated heterocycles. The first-order valence-electron chi connectivity index (χ1n) is 10.6. The molecule has 0 aliphatic carbocycles. The lowest BCUT2D eigenvalue weighted by atomic mass is 10.1. The smallest absolute Gasteiger partial charge is 0.266 e. The average Bonchev–Trinajstić information content (AvgIpc) is 3.19. The number of anilines is 1. The van der Waals surface area contributed by atoms with Gasteiger partial charge in [-0.05, 0) is 56.3 Å². The van der Waals surface area contributed by atoms with Crippen LogP contribution in [0, 0.1) is 13.8 Å². The van der Waals surface area contributed by atoms with Crippen LogP contribution in [0.2, 0.25) is 0 Å². The Morgan fingerprint density at radius 3 is 2.47 bits per heavy atom. The standard InChI is InChI=1S/C24H31N3O3S.ClH/c1-6-26(7-2)11-12-27(22(28)16-30-20-10-8-9-19(15-20)29-5)24-25-23-18(4)13-17(3)14-21(23)31-24;/h8-10,13-15H,6-7,11-12,16H2,1-5H3;1H. The molecule has 0 N–H and O–H groups in total. The summed E-state index contributed by atoms with van der Waals surface area (Å²) < 4.78 is 12.1. The van der Waals surface area contributed by atoms with Crippen molar-refractivity contribution >= 4 is 45.0 Å². The number of fused-ring (bicyclic) bond motifs is 1. The molecule has 0 fully saturated rings. The Morgan fingerprint density at radius 2 is 1.78 bits per heavy atom. The van der Waals surface area contributed by atoms with Crippen LogP contribution in [-0.2, 0) is 4.79 Å². The number of likely N-dealkylation sites (N-methyl/N-ethyl adjacent to an activating group) is 1. The monoisotopic (exact) mass is 477 g/mol. The first-order valence-corrected chi connectivity index (χ1v) is 11.4. The topological polar surface area (TPSA) is 54.9 Å². The number of methoxy groups -OCH3 is 1. The molecule has 2 aromatic carbocycles. The van der Waals surface area contributed by atoms with Gasteiger partial charge in [0.05, 0.1) is 17.3 Å². The first kappa shape index (κ1) is 25.9. The van der Waals surface area contributed by atoms with Crippen LogP contribution in [0.15, 0.2) is 36.4 Å². The normalized spacial score (nSPS) is 10.8. The number of thiazole rings is 1. The number of aryl methyl sites for hydroxylation is 2. The second-order valence-corrected chi connectivity index (χ2v) is 8.47. The van der Waals surface area contributed by atoms with E-state index in [1.807, 2.05) is 18.2 Å². The number of carbonyl (C=O) groups is 1. The summed E-state index contributed by atoms with van der Waals surface area (Å²) in [6.45, 7) is 11.6. The van der Waals surface area contributed by atoms with Crippen LogP contribution in [0.4, 0.5) is 5.13 Å². The van der Waals surface area contributed by atoms with Crippen LogP contribution >= 0.6 is 23.7 Å². The summed E-state index contributed by atoms with van der Waals surface area (Å²) in [6.07, 6.45) is 0. The highest BCUT2D eigenvalue weighted by Crippen LogP contribution is 2.32. The lowest BCUT2D eigenvalue weighted by Gasteiger charge is -2.24. The van der Waals surface area contributed by atoms with Gasteiger partial charge >= 0.3 is 0 Å². The van der Waals surface area contributed by atoms with E-state index in [0.29, 0.717) is 18.0 Å². The molecule has 0 aliphatic heterocycles. The zero-order chi connectivity index (χ0) is 22.4. The molecule has 3 aromatic rings. The number of amides is 1. The van der Waals surface area contributed by atoms with Gasteiger partial charge in [-0.2, -0.15) is 0 Å². The van der Waals surface area contributed by atoms with Gasteiger partial charge in [-0.25, -0.2) is 4.98 Å². The van der Waals surface area contributed by atoms with Crippen molar-refractivity contribution in [3.8, 4) is 11.5 Å². The molecule has 0 aliphatic rings. The number of halogens is 1. The Labute approximate surface area is 200 Å². The van der Waals surface area contributed by atoms with Gasteiger partial charge in [-0.3, -0.25) is 9.69 Å². The highest BCUT2D eigenvalue weighted by atomic mass is 35.5. The average molecular weight is 478 g/mol. The maximum atomic E-state index is 13.2. The van der Waals surface area contributed by atoms with Crippen LogP contribution in [0.5, 0.6) is 11.5 Å². The van der Waals surface area contributed by atoms with Crippen molar-refractivity contribution in [3.63, 3.8) is 0 Å². The zero-order valence-corrected chi connectivity index (χ0v) is 21.0. The fourth-order valence-electron chi connectivity index (χ4n) is 3.50. The third-order valence-electron chi connectivity index (χ3n) is 5.29. The number of benzene rings is 2. The summed E-state index contributed by atoms with van der Waals surface area (Å²) in [6, 6.07) is 11.5. The summed E-state index contributed by atoms with van der Waals surface area (Å²) in [5, 5.41) is 0.718. The van der Waals surface area contributed by atoms with Gasteiger partial charge in [0, 0.05) is 19.2 Å². The Kier molecular flexibility index (Phi) is 9.75. The Morgan fingerprint density at radius 1 is 1.06 bits per heavy atom. The minimum atomic E-state index is -0.108. The Balaban J connectivity index is 0.00000363. The second-order valence-electron chi connectivity index (χ2n) is 7.46. The van der Waals surface area contributed by atoms with Crippen LogP contribution in [0.1, 0.15) is 25.0 Å². The number of nitrogens with zero attached hydrogens (tertiary/aromatic N) is 3. The molecule has 1 aromatic heterocycles. The fraction of sp³-hybridized carbons (Fsp3) is 0.417. The molecule has 1 heterocycles. The minimum Gasteiger partial charge on any atom is -0.497 e. The van der Waals surface area contributed by atoms with Crippen molar-refractivity contribution in [1.29, 1.82) is 0 Å². The van der Waals surface area contributed by atoms with E-state index in [-0.39, 0.29) is 24.9 Å². The molecule has 0 radical (unpaired) electrons. The molecular formula is C24H32ClN3O3S. The van der Waals surface area contributed by atoms with Gasteiger partial charge in [-0.1, -0.05) is 37.3 Å².